The average Bonchev–Trinajstić information content (AvgIpc) is 3.71. The number of Topliss-reactive ketones (excluding diaryl/α,β-unsaturated/α-hetero) is 2. The van der Waals surface area contributed by atoms with E-state index in [1.165, 1.54) is 0 Å². The van der Waals surface area contributed by atoms with Gasteiger partial charge in [-0.05, 0) is 79.1 Å². The van der Waals surface area contributed by atoms with Gasteiger partial charge >= 0.3 is 6.09 Å². The van der Waals surface area contributed by atoms with E-state index in [1.807, 2.05) is 114 Å². The molecule has 2 N–H and O–H groups in total. The number of thiazole rings is 1. The molecule has 1 amide bonds. The van der Waals surface area contributed by atoms with Crippen LogP contribution < -0.4 is 10.6 Å². The minimum absolute atomic E-state index is 0.0576. The van der Waals surface area contributed by atoms with Crippen LogP contribution in [-0.4, -0.2) is 40.3 Å². The molecule has 0 unspecified atom stereocenters. The number of aromatic nitrogens is 1. The molecule has 6 aromatic rings. The van der Waals surface area contributed by atoms with Crippen LogP contribution in [0.5, 0.6) is 0 Å². The van der Waals surface area contributed by atoms with Crippen LogP contribution >= 0.6 is 27.3 Å². The lowest BCUT2D eigenvalue weighted by atomic mass is 9.95. The third-order valence-electron chi connectivity index (χ3n) is 8.73. The van der Waals surface area contributed by atoms with Crippen molar-refractivity contribution < 1.29 is 19.1 Å². The lowest BCUT2D eigenvalue weighted by Gasteiger charge is -2.23. The molecule has 1 heterocycles. The molecule has 56 heavy (non-hydrogen) atoms. The summed E-state index contributed by atoms with van der Waals surface area (Å²) in [6, 6.07) is 45.0. The Bertz CT molecular complexity index is 2120. The summed E-state index contributed by atoms with van der Waals surface area (Å²) in [4.78, 5) is 42.6. The fraction of sp³-hybridized carbons (Fsp3) is 0.234. The smallest absolute Gasteiger partial charge is 0.408 e. The molecule has 6 rings (SSSR count). The van der Waals surface area contributed by atoms with E-state index in [4.69, 9.17) is 4.74 Å². The molecular weight excluding hydrogens is 783 g/mol. The van der Waals surface area contributed by atoms with E-state index >= 15 is 0 Å². The normalized spacial score (nSPS) is 12.1. The maximum atomic E-state index is 13.2. The van der Waals surface area contributed by atoms with E-state index in [-0.39, 0.29) is 24.0 Å². The number of benzene rings is 5. The largest absolute Gasteiger partial charge is 0.444 e. The number of nitrogens with one attached hydrogen (secondary N) is 2. The van der Waals surface area contributed by atoms with Crippen LogP contribution in [0.2, 0.25) is 0 Å². The molecular formula is C47H48BrN3O4S. The van der Waals surface area contributed by atoms with Crippen molar-refractivity contribution >= 4 is 44.9 Å². The van der Waals surface area contributed by atoms with E-state index < -0.39 is 17.7 Å². The first-order valence-electron chi connectivity index (χ1n) is 18.6. The van der Waals surface area contributed by atoms with Crippen molar-refractivity contribution in [3.63, 3.8) is 0 Å². The van der Waals surface area contributed by atoms with Gasteiger partial charge in [-0.25, -0.2) is 9.78 Å². The molecule has 0 fully saturated rings. The van der Waals surface area contributed by atoms with Gasteiger partial charge in [-0.3, -0.25) is 9.59 Å². The fourth-order valence-corrected chi connectivity index (χ4v) is 7.04. The van der Waals surface area contributed by atoms with Gasteiger partial charge in [0.25, 0.3) is 0 Å². The van der Waals surface area contributed by atoms with Gasteiger partial charge in [0.1, 0.15) is 5.60 Å². The van der Waals surface area contributed by atoms with Crippen molar-refractivity contribution in [3.8, 4) is 11.1 Å². The molecule has 0 radical (unpaired) electrons. The molecule has 0 spiro atoms. The summed E-state index contributed by atoms with van der Waals surface area (Å²) in [7, 11) is 0. The summed E-state index contributed by atoms with van der Waals surface area (Å²) >= 11 is 4.98. The van der Waals surface area contributed by atoms with Crippen LogP contribution in [-0.2, 0) is 46.6 Å². The van der Waals surface area contributed by atoms with Crippen molar-refractivity contribution in [1.29, 1.82) is 0 Å². The molecule has 0 aliphatic heterocycles. The Hall–Kier alpha value is -5.22. The predicted octanol–water partition coefficient (Wildman–Crippen LogP) is 10.0. The molecule has 1 aromatic heterocycles. The van der Waals surface area contributed by atoms with E-state index in [1.54, 1.807) is 32.1 Å². The van der Waals surface area contributed by atoms with Crippen LogP contribution in [0.25, 0.3) is 11.1 Å². The summed E-state index contributed by atoms with van der Waals surface area (Å²) in [6.07, 6.45) is 1.16. The van der Waals surface area contributed by atoms with Gasteiger partial charge in [0, 0.05) is 29.2 Å². The minimum atomic E-state index is -0.647. The number of halogens is 1. The summed E-state index contributed by atoms with van der Waals surface area (Å²) < 4.78 is 6.23. The number of hydrogen-bond donors (Lipinski definition) is 2. The number of alkyl carbamates (subject to hydrolysis) is 1. The highest BCUT2D eigenvalue weighted by Gasteiger charge is 2.25. The number of carbonyl (C=O) groups is 3. The Balaban J connectivity index is 0.000000217. The minimum Gasteiger partial charge on any atom is -0.444 e. The molecule has 9 heteroatoms. The maximum Gasteiger partial charge on any atom is 0.408 e. The Morgan fingerprint density at radius 2 is 1.18 bits per heavy atom. The summed E-state index contributed by atoms with van der Waals surface area (Å²) in [5, 5.41) is 8.18. The summed E-state index contributed by atoms with van der Waals surface area (Å²) in [6.45, 7) is 5.98. The second-order valence-electron chi connectivity index (χ2n) is 14.5. The zero-order valence-electron chi connectivity index (χ0n) is 32.0. The van der Waals surface area contributed by atoms with Crippen molar-refractivity contribution in [2.45, 2.75) is 70.7 Å². The number of amides is 1. The molecule has 0 aliphatic carbocycles. The zero-order chi connectivity index (χ0) is 39.8. The van der Waals surface area contributed by atoms with Gasteiger partial charge < -0.3 is 15.4 Å². The van der Waals surface area contributed by atoms with Gasteiger partial charge in [-0.15, -0.1) is 11.3 Å². The average molecular weight is 831 g/mol. The first-order chi connectivity index (χ1) is 27.0. The van der Waals surface area contributed by atoms with Crippen LogP contribution in [0, 0.1) is 0 Å². The van der Waals surface area contributed by atoms with Gasteiger partial charge in [0.2, 0.25) is 0 Å². The van der Waals surface area contributed by atoms with Crippen LogP contribution in [0.15, 0.2) is 155 Å². The molecule has 7 nitrogen and oxygen atoms in total. The van der Waals surface area contributed by atoms with Crippen molar-refractivity contribution in [3.05, 3.63) is 183 Å². The van der Waals surface area contributed by atoms with E-state index in [2.05, 4.69) is 67.9 Å². The predicted molar refractivity (Wildman–Crippen MR) is 230 cm³/mol. The van der Waals surface area contributed by atoms with E-state index in [0.29, 0.717) is 25.8 Å². The highest BCUT2D eigenvalue weighted by atomic mass is 79.9. The number of ether oxygens (including phenoxy) is 1. The Kier molecular flexibility index (Phi) is 15.9. The van der Waals surface area contributed by atoms with Crippen molar-refractivity contribution in [2.24, 2.45) is 0 Å². The van der Waals surface area contributed by atoms with Gasteiger partial charge in [0.05, 0.1) is 23.3 Å². The number of nitrogens with zero attached hydrogens (tertiary/aromatic N) is 1. The second kappa shape index (κ2) is 21.2. The molecule has 5 aromatic carbocycles. The van der Waals surface area contributed by atoms with Crippen molar-refractivity contribution in [1.82, 2.24) is 15.6 Å². The Morgan fingerprint density at radius 3 is 1.75 bits per heavy atom. The number of carbonyl (C=O) groups excluding carboxylic acids is 3. The van der Waals surface area contributed by atoms with Crippen LogP contribution in [0.1, 0.15) is 48.7 Å². The SMILES string of the molecule is CC(C)(C)OC(=O)N[C@@H](Cc1ccccc1)C(=O)Cc1cccc(Br)c1.O=C(Cc1cccc(-c2ccccc2)c1)[C@H](Cc1ccccc1)NCc1cscn1. The number of rotatable bonds is 15. The van der Waals surface area contributed by atoms with Crippen molar-refractivity contribution in [2.75, 3.05) is 0 Å². The lowest BCUT2D eigenvalue weighted by molar-refractivity contribution is -0.121. The van der Waals surface area contributed by atoms with Gasteiger partial charge in [-0.2, -0.15) is 0 Å². The highest BCUT2D eigenvalue weighted by Crippen LogP contribution is 2.21. The number of hydrogen-bond acceptors (Lipinski definition) is 7. The van der Waals surface area contributed by atoms with Gasteiger partial charge in [0.15, 0.2) is 11.6 Å². The molecule has 288 valence electrons. The Morgan fingerprint density at radius 1 is 0.661 bits per heavy atom. The standard InChI is InChI=1S/C26H24N2OS.C21H24BrNO3/c29-26(16-21-10-7-13-23(14-21)22-11-5-2-6-12-22)25(15-20-8-3-1-4-9-20)27-17-24-18-30-19-28-24;1-21(2,3)26-20(25)23-18(13-15-8-5-4-6-9-15)19(24)14-16-10-7-11-17(22)12-16/h1-14,18-19,25,27H,15-17H2;4-12,18H,13-14H2,1-3H3,(H,23,25)/t25-;18-/m00/s1. The van der Waals surface area contributed by atoms with Gasteiger partial charge in [-0.1, -0.05) is 143 Å². The molecule has 2 atom stereocenters. The zero-order valence-corrected chi connectivity index (χ0v) is 34.4. The molecule has 0 bridgehead atoms. The molecule has 0 saturated heterocycles. The first kappa shape index (κ1) is 41.9. The van der Waals surface area contributed by atoms with E-state index in [0.717, 1.165) is 43.5 Å². The number of ketones is 2. The second-order valence-corrected chi connectivity index (χ2v) is 16.1. The summed E-state index contributed by atoms with van der Waals surface area (Å²) in [5.41, 5.74) is 8.54. The third kappa shape index (κ3) is 14.5. The maximum absolute atomic E-state index is 13.2. The Labute approximate surface area is 342 Å². The highest BCUT2D eigenvalue weighted by molar-refractivity contribution is 9.10. The topological polar surface area (TPSA) is 97.4 Å². The monoisotopic (exact) mass is 829 g/mol. The molecule has 0 saturated carbocycles. The van der Waals surface area contributed by atoms with Crippen LogP contribution in [0.4, 0.5) is 4.79 Å². The lowest BCUT2D eigenvalue weighted by Crippen LogP contribution is -2.45. The molecule has 0 aliphatic rings. The first-order valence-corrected chi connectivity index (χ1v) is 20.4. The quantitative estimate of drug-likeness (QED) is 0.107. The van der Waals surface area contributed by atoms with E-state index in [9.17, 15) is 14.4 Å². The third-order valence-corrected chi connectivity index (χ3v) is 9.86. The van der Waals surface area contributed by atoms with Crippen LogP contribution in [0.3, 0.4) is 0 Å². The fourth-order valence-electron chi connectivity index (χ4n) is 6.03. The summed E-state index contributed by atoms with van der Waals surface area (Å²) in [5.74, 6) is 0.136.